The molecule has 0 saturated heterocycles. The third-order valence-electron chi connectivity index (χ3n) is 5.76. The Balaban J connectivity index is 1.51. The maximum absolute atomic E-state index is 13.5. The number of furan rings is 1. The van der Waals surface area contributed by atoms with Gasteiger partial charge < -0.3 is 29.0 Å². The van der Waals surface area contributed by atoms with Crippen molar-refractivity contribution < 1.29 is 23.5 Å². The van der Waals surface area contributed by atoms with Gasteiger partial charge in [0.25, 0.3) is 0 Å². The Morgan fingerprint density at radius 3 is 2.49 bits per heavy atom. The van der Waals surface area contributed by atoms with Gasteiger partial charge in [-0.25, -0.2) is 4.79 Å². The Labute approximate surface area is 205 Å². The third-order valence-corrected chi connectivity index (χ3v) is 5.76. The minimum atomic E-state index is -0.323. The van der Waals surface area contributed by atoms with E-state index in [-0.39, 0.29) is 37.9 Å². The number of carbonyl (C=O) groups excluding carboxylic acids is 2. The van der Waals surface area contributed by atoms with E-state index in [9.17, 15) is 9.59 Å². The first-order valence-electron chi connectivity index (χ1n) is 11.6. The zero-order valence-electron chi connectivity index (χ0n) is 20.5. The van der Waals surface area contributed by atoms with Crippen molar-refractivity contribution >= 4 is 17.6 Å². The Hall–Kier alpha value is -3.94. The molecular formula is C27H31N3O5. The first-order chi connectivity index (χ1) is 16.8. The molecule has 2 aromatic carbocycles. The SMILES string of the molecule is Cc1cccc(NC(=O)N(CC(=O)N(Cc2ccc3c(c2)OCO3)Cc2ccc(C)o2)C(C)C)c1. The van der Waals surface area contributed by atoms with Gasteiger partial charge in [-0.3, -0.25) is 4.79 Å². The van der Waals surface area contributed by atoms with Crippen LogP contribution < -0.4 is 14.8 Å². The van der Waals surface area contributed by atoms with E-state index < -0.39 is 0 Å². The molecule has 3 amide bonds. The number of benzene rings is 2. The Bertz CT molecular complexity index is 1200. The van der Waals surface area contributed by atoms with E-state index in [2.05, 4.69) is 5.32 Å². The van der Waals surface area contributed by atoms with Crippen molar-refractivity contribution in [3.8, 4) is 11.5 Å². The molecule has 3 aromatic rings. The number of hydrogen-bond donors (Lipinski definition) is 1. The molecule has 1 aliphatic heterocycles. The summed E-state index contributed by atoms with van der Waals surface area (Å²) in [5, 5.41) is 2.91. The molecule has 8 heteroatoms. The summed E-state index contributed by atoms with van der Waals surface area (Å²) in [7, 11) is 0. The van der Waals surface area contributed by atoms with Crippen molar-refractivity contribution in [1.82, 2.24) is 9.80 Å². The lowest BCUT2D eigenvalue weighted by Gasteiger charge is -2.30. The minimum Gasteiger partial charge on any atom is -0.464 e. The molecule has 0 radical (unpaired) electrons. The fourth-order valence-electron chi connectivity index (χ4n) is 3.90. The summed E-state index contributed by atoms with van der Waals surface area (Å²) >= 11 is 0. The second-order valence-electron chi connectivity index (χ2n) is 8.97. The predicted molar refractivity (Wildman–Crippen MR) is 132 cm³/mol. The van der Waals surface area contributed by atoms with Crippen LogP contribution in [0.2, 0.25) is 0 Å². The molecule has 0 saturated carbocycles. The van der Waals surface area contributed by atoms with Crippen LogP contribution in [0.3, 0.4) is 0 Å². The van der Waals surface area contributed by atoms with Gasteiger partial charge in [0.2, 0.25) is 12.7 Å². The largest absolute Gasteiger partial charge is 0.464 e. The van der Waals surface area contributed by atoms with Gasteiger partial charge in [-0.05, 0) is 75.2 Å². The quantitative estimate of drug-likeness (QED) is 0.488. The summed E-state index contributed by atoms with van der Waals surface area (Å²) in [6.07, 6.45) is 0. The Kier molecular flexibility index (Phi) is 7.29. The summed E-state index contributed by atoms with van der Waals surface area (Å²) in [5.41, 5.74) is 2.63. The summed E-state index contributed by atoms with van der Waals surface area (Å²) in [4.78, 5) is 29.8. The predicted octanol–water partition coefficient (Wildman–Crippen LogP) is 5.10. The maximum Gasteiger partial charge on any atom is 0.322 e. The Morgan fingerprint density at radius 2 is 1.77 bits per heavy atom. The van der Waals surface area contributed by atoms with Crippen LogP contribution in [0.4, 0.5) is 10.5 Å². The fraction of sp³-hybridized carbons (Fsp3) is 0.333. The lowest BCUT2D eigenvalue weighted by Crippen LogP contribution is -2.47. The van der Waals surface area contributed by atoms with Crippen LogP contribution in [0.15, 0.2) is 59.0 Å². The van der Waals surface area contributed by atoms with Gasteiger partial charge in [-0.2, -0.15) is 0 Å². The highest BCUT2D eigenvalue weighted by Crippen LogP contribution is 2.33. The van der Waals surface area contributed by atoms with E-state index >= 15 is 0 Å². The van der Waals surface area contributed by atoms with Crippen LogP contribution >= 0.6 is 0 Å². The normalized spacial score (nSPS) is 12.0. The van der Waals surface area contributed by atoms with Gasteiger partial charge >= 0.3 is 6.03 Å². The lowest BCUT2D eigenvalue weighted by molar-refractivity contribution is -0.133. The third kappa shape index (κ3) is 6.15. The Morgan fingerprint density at radius 1 is 0.971 bits per heavy atom. The molecular weight excluding hydrogens is 446 g/mol. The fourth-order valence-corrected chi connectivity index (χ4v) is 3.90. The molecule has 0 atom stereocenters. The lowest BCUT2D eigenvalue weighted by atomic mass is 10.1. The number of ether oxygens (including phenoxy) is 2. The topological polar surface area (TPSA) is 84.3 Å². The average Bonchev–Trinajstić information content (AvgIpc) is 3.44. The van der Waals surface area contributed by atoms with Crippen molar-refractivity contribution in [2.24, 2.45) is 0 Å². The molecule has 1 N–H and O–H groups in total. The van der Waals surface area contributed by atoms with Crippen molar-refractivity contribution in [3.05, 3.63) is 77.2 Å². The molecule has 1 aliphatic rings. The first kappa shape index (κ1) is 24.2. The standard InChI is InChI=1S/C27H31N3O5/c1-18(2)30(27(32)28-22-7-5-6-19(3)12-22)16-26(31)29(15-23-10-8-20(4)35-23)14-21-9-11-24-25(13-21)34-17-33-24/h5-13,18H,14-17H2,1-4H3,(H,28,32). The second kappa shape index (κ2) is 10.5. The zero-order chi connectivity index (χ0) is 24.9. The monoisotopic (exact) mass is 477 g/mol. The van der Waals surface area contributed by atoms with Crippen LogP contribution in [0, 0.1) is 13.8 Å². The number of aryl methyl sites for hydroxylation is 2. The number of nitrogens with one attached hydrogen (secondary N) is 1. The number of amides is 3. The summed E-state index contributed by atoms with van der Waals surface area (Å²) in [5.74, 6) is 2.61. The molecule has 35 heavy (non-hydrogen) atoms. The van der Waals surface area contributed by atoms with Crippen LogP contribution in [-0.4, -0.2) is 41.1 Å². The highest BCUT2D eigenvalue weighted by Gasteiger charge is 2.25. The maximum atomic E-state index is 13.5. The van der Waals surface area contributed by atoms with E-state index in [0.29, 0.717) is 29.5 Å². The van der Waals surface area contributed by atoms with Gasteiger partial charge in [-0.1, -0.05) is 18.2 Å². The smallest absolute Gasteiger partial charge is 0.322 e. The van der Waals surface area contributed by atoms with Crippen molar-refractivity contribution in [1.29, 1.82) is 0 Å². The van der Waals surface area contributed by atoms with E-state index in [1.165, 1.54) is 4.90 Å². The highest BCUT2D eigenvalue weighted by molar-refractivity contribution is 5.92. The molecule has 8 nitrogen and oxygen atoms in total. The molecule has 4 rings (SSSR count). The molecule has 1 aromatic heterocycles. The summed E-state index contributed by atoms with van der Waals surface area (Å²) < 4.78 is 16.6. The average molecular weight is 478 g/mol. The first-order valence-corrected chi connectivity index (χ1v) is 11.6. The molecule has 0 spiro atoms. The van der Waals surface area contributed by atoms with E-state index in [1.807, 2.05) is 82.3 Å². The summed E-state index contributed by atoms with van der Waals surface area (Å²) in [6.45, 7) is 8.34. The van der Waals surface area contributed by atoms with Gasteiger partial charge in [-0.15, -0.1) is 0 Å². The highest BCUT2D eigenvalue weighted by atomic mass is 16.7. The van der Waals surface area contributed by atoms with Gasteiger partial charge in [0.15, 0.2) is 11.5 Å². The molecule has 2 heterocycles. The minimum absolute atomic E-state index is 0.0699. The molecule has 0 unspecified atom stereocenters. The van der Waals surface area contributed by atoms with Crippen LogP contribution in [0.1, 0.15) is 36.5 Å². The molecule has 184 valence electrons. The second-order valence-corrected chi connectivity index (χ2v) is 8.97. The van der Waals surface area contributed by atoms with Gasteiger partial charge in [0, 0.05) is 18.3 Å². The van der Waals surface area contributed by atoms with E-state index in [4.69, 9.17) is 13.9 Å². The van der Waals surface area contributed by atoms with Gasteiger partial charge in [0.1, 0.15) is 18.1 Å². The zero-order valence-corrected chi connectivity index (χ0v) is 20.5. The van der Waals surface area contributed by atoms with E-state index in [1.54, 1.807) is 4.90 Å². The number of rotatable bonds is 8. The molecule has 0 aliphatic carbocycles. The van der Waals surface area contributed by atoms with Crippen LogP contribution in [0.25, 0.3) is 0 Å². The number of anilines is 1. The number of urea groups is 1. The van der Waals surface area contributed by atoms with Crippen molar-refractivity contribution in [2.45, 2.75) is 46.8 Å². The van der Waals surface area contributed by atoms with Crippen molar-refractivity contribution in [3.63, 3.8) is 0 Å². The van der Waals surface area contributed by atoms with Crippen LogP contribution in [0.5, 0.6) is 11.5 Å². The van der Waals surface area contributed by atoms with Crippen molar-refractivity contribution in [2.75, 3.05) is 18.7 Å². The molecule has 0 fully saturated rings. The van der Waals surface area contributed by atoms with Crippen LogP contribution in [-0.2, 0) is 17.9 Å². The molecule has 0 bridgehead atoms. The number of carbonyl (C=O) groups is 2. The number of fused-ring (bicyclic) bond motifs is 1. The van der Waals surface area contributed by atoms with Gasteiger partial charge in [0.05, 0.1) is 6.54 Å². The number of nitrogens with zero attached hydrogens (tertiary/aromatic N) is 2. The van der Waals surface area contributed by atoms with E-state index in [0.717, 1.165) is 16.9 Å². The summed E-state index contributed by atoms with van der Waals surface area (Å²) in [6, 6.07) is 16.4. The number of hydrogen-bond acceptors (Lipinski definition) is 5.